The van der Waals surface area contributed by atoms with Crippen LogP contribution in [0.5, 0.6) is 0 Å². The number of nitrogens with one attached hydrogen (secondary N) is 2. The Kier molecular flexibility index (Phi) is 19.9. The Hall–Kier alpha value is -3.35. The molecule has 224 valence electrons. The smallest absolute Gasteiger partial charge is 1.00 e. The minimum Gasteiger partial charge on any atom is -1.00 e. The van der Waals surface area contributed by atoms with Crippen LogP contribution >= 0.6 is 0 Å². The number of para-hydroxylation sites is 3. The van der Waals surface area contributed by atoms with E-state index < -0.39 is 0 Å². The van der Waals surface area contributed by atoms with Gasteiger partial charge in [-0.05, 0) is 58.5 Å². The minimum absolute atomic E-state index is 0. The van der Waals surface area contributed by atoms with E-state index in [1.165, 1.54) is 41.5 Å². The Bertz CT molecular complexity index is 1260. The predicted octanol–water partition coefficient (Wildman–Crippen LogP) is 1.46. The van der Waals surface area contributed by atoms with Crippen molar-refractivity contribution in [1.29, 1.82) is 0 Å². The van der Waals surface area contributed by atoms with Gasteiger partial charge in [-0.2, -0.15) is 26.9 Å². The molecule has 0 bridgehead atoms. The molecule has 1 aromatic heterocycles. The van der Waals surface area contributed by atoms with E-state index in [-0.39, 0.29) is 64.8 Å². The fraction of sp³-hybridized carbons (Fsp3) is 0.345. The Balaban J connectivity index is 0. The van der Waals surface area contributed by atoms with Crippen LogP contribution in [0.4, 0.5) is 0 Å². The van der Waals surface area contributed by atoms with Gasteiger partial charge in [-0.1, -0.05) is 18.2 Å². The molecule has 0 saturated carbocycles. The summed E-state index contributed by atoms with van der Waals surface area (Å²) in [6.07, 6.45) is 0. The summed E-state index contributed by atoms with van der Waals surface area (Å²) >= 11 is 0. The molecular formula is C29H35ClCoN5O5-2. The summed E-state index contributed by atoms with van der Waals surface area (Å²) in [5.74, 6) is -0.0961. The second-order valence-electron chi connectivity index (χ2n) is 8.54. The molecule has 1 amide bonds. The third kappa shape index (κ3) is 13.7. The Labute approximate surface area is 257 Å². The van der Waals surface area contributed by atoms with Crippen molar-refractivity contribution in [1.82, 2.24) is 15.3 Å². The summed E-state index contributed by atoms with van der Waals surface area (Å²) < 4.78 is 0. The van der Waals surface area contributed by atoms with Crippen molar-refractivity contribution in [3.63, 3.8) is 0 Å². The van der Waals surface area contributed by atoms with Crippen LogP contribution in [0.1, 0.15) is 51.9 Å². The maximum absolute atomic E-state index is 12.4. The van der Waals surface area contributed by atoms with E-state index in [0.717, 1.165) is 11.0 Å². The molecule has 1 heterocycles. The standard InChI is InChI=1S/C17H17N5O.2C6H9O2.ClH.Co/c18-8-9-19-10-11-20-17(23)12-4-3-7-15-16(12)22-14-6-2-1-5-13(14)21-15;2*1-4(5(2)7)6(3)8;;/h1-7,18H,8-11H2,(H,20,23);2*1-3H3;1H;/q-2;2*-1;;+3/p-1. The Morgan fingerprint density at radius 3 is 1.66 bits per heavy atom. The summed E-state index contributed by atoms with van der Waals surface area (Å²) in [5.41, 5.74) is 10.4. The fourth-order valence-electron chi connectivity index (χ4n) is 2.86. The van der Waals surface area contributed by atoms with E-state index >= 15 is 0 Å². The number of hydrogen-bond acceptors (Lipinski definition) is 7. The van der Waals surface area contributed by atoms with Gasteiger partial charge < -0.3 is 48.0 Å². The van der Waals surface area contributed by atoms with E-state index in [9.17, 15) is 24.0 Å². The summed E-state index contributed by atoms with van der Waals surface area (Å²) in [7, 11) is 0. The van der Waals surface area contributed by atoms with Crippen molar-refractivity contribution in [2.75, 3.05) is 26.2 Å². The van der Waals surface area contributed by atoms with Crippen molar-refractivity contribution >= 4 is 51.1 Å². The molecule has 3 rings (SSSR count). The molecule has 3 aromatic rings. The van der Waals surface area contributed by atoms with E-state index in [1.807, 2.05) is 36.4 Å². The maximum Gasteiger partial charge on any atom is 3.00 e. The zero-order valence-corrected chi connectivity index (χ0v) is 25.8. The van der Waals surface area contributed by atoms with Crippen LogP contribution in [0.15, 0.2) is 42.5 Å². The third-order valence-electron chi connectivity index (χ3n) is 5.55. The van der Waals surface area contributed by atoms with Gasteiger partial charge in [-0.3, -0.25) is 16.6 Å². The molecule has 2 aromatic carbocycles. The predicted molar refractivity (Wildman–Crippen MR) is 152 cm³/mol. The number of ketones is 4. The quantitative estimate of drug-likeness (QED) is 0.154. The number of rotatable bonds is 10. The number of fused-ring (bicyclic) bond motifs is 2. The largest absolute Gasteiger partial charge is 3.00 e. The zero-order chi connectivity index (χ0) is 29.5. The molecule has 12 heteroatoms. The van der Waals surface area contributed by atoms with Crippen LogP contribution < -0.4 is 17.7 Å². The van der Waals surface area contributed by atoms with Crippen LogP contribution in [0.3, 0.4) is 0 Å². The number of nitrogens with zero attached hydrogens (tertiary/aromatic N) is 3. The molecule has 10 nitrogen and oxygen atoms in total. The average Bonchev–Trinajstić information content (AvgIpc) is 2.90. The topological polar surface area (TPSA) is 161 Å². The number of amides is 1. The van der Waals surface area contributed by atoms with Gasteiger partial charge in [0.2, 0.25) is 0 Å². The van der Waals surface area contributed by atoms with Crippen molar-refractivity contribution in [2.24, 2.45) is 0 Å². The van der Waals surface area contributed by atoms with Crippen molar-refractivity contribution in [3.8, 4) is 0 Å². The molecule has 0 spiro atoms. The Morgan fingerprint density at radius 1 is 0.756 bits per heavy atom. The van der Waals surface area contributed by atoms with Gasteiger partial charge in [-0.25, -0.2) is 9.97 Å². The van der Waals surface area contributed by atoms with Gasteiger partial charge in [0.1, 0.15) is 5.52 Å². The fourth-order valence-corrected chi connectivity index (χ4v) is 2.86. The summed E-state index contributed by atoms with van der Waals surface area (Å²) in [6, 6.07) is 13.0. The average molecular weight is 628 g/mol. The normalized spacial score (nSPS) is 9.44. The van der Waals surface area contributed by atoms with Crippen LogP contribution in [-0.4, -0.2) is 65.2 Å². The van der Waals surface area contributed by atoms with Gasteiger partial charge >= 0.3 is 16.8 Å². The number of Topliss-reactive ketones (excluding diaryl/α,β-unsaturated/α-hetero) is 4. The maximum atomic E-state index is 12.4. The van der Waals surface area contributed by atoms with Gasteiger partial charge in [0.05, 0.1) is 22.1 Å². The molecule has 0 saturated heterocycles. The van der Waals surface area contributed by atoms with Gasteiger partial charge in [0.25, 0.3) is 5.91 Å². The van der Waals surface area contributed by atoms with E-state index in [1.54, 1.807) is 6.07 Å². The summed E-state index contributed by atoms with van der Waals surface area (Å²) in [4.78, 5) is 62.8. The van der Waals surface area contributed by atoms with E-state index in [0.29, 0.717) is 48.1 Å². The van der Waals surface area contributed by atoms with Gasteiger partial charge in [0.15, 0.2) is 0 Å². The number of carbonyl (C=O) groups excluding carboxylic acids is 5. The first-order valence-electron chi connectivity index (χ1n) is 12.3. The van der Waals surface area contributed by atoms with Crippen molar-refractivity contribution in [2.45, 2.75) is 41.5 Å². The molecule has 0 fully saturated rings. The molecule has 41 heavy (non-hydrogen) atoms. The zero-order valence-electron chi connectivity index (χ0n) is 24.0. The van der Waals surface area contributed by atoms with Gasteiger partial charge in [0, 0.05) is 23.1 Å². The van der Waals surface area contributed by atoms with E-state index in [2.05, 4.69) is 20.6 Å². The molecule has 0 radical (unpaired) electrons. The van der Waals surface area contributed by atoms with E-state index in [4.69, 9.17) is 5.73 Å². The second kappa shape index (κ2) is 20.5. The number of benzene rings is 2. The first-order chi connectivity index (χ1) is 18.4. The molecular weight excluding hydrogens is 593 g/mol. The molecule has 0 atom stereocenters. The Morgan fingerprint density at radius 2 is 1.22 bits per heavy atom. The number of hydrogen-bond donors (Lipinski definition) is 1. The first kappa shape index (κ1) is 39.8. The van der Waals surface area contributed by atoms with Crippen LogP contribution in [0.2, 0.25) is 0 Å². The number of aromatic nitrogens is 2. The molecule has 0 aliphatic heterocycles. The minimum atomic E-state index is -0.179. The van der Waals surface area contributed by atoms with Crippen LogP contribution in [-0.2, 0) is 36.0 Å². The first-order valence-corrected chi connectivity index (χ1v) is 12.3. The van der Waals surface area contributed by atoms with Crippen molar-refractivity contribution in [3.05, 3.63) is 70.9 Å². The SMILES string of the molecule is CC(=O)[C-](C)C(C)=O.CC(=O)[C-](C)C(C)=O.[Cl-].[Co+3].[NH-]CC[N-]CCNC(=O)c1cccc2nc3ccccc3nc12. The molecule has 0 aliphatic rings. The molecule has 0 unspecified atom stereocenters. The molecule has 0 aliphatic carbocycles. The van der Waals surface area contributed by atoms with Crippen LogP contribution in [0, 0.1) is 11.8 Å². The summed E-state index contributed by atoms with van der Waals surface area (Å²) in [5, 5.41) is 6.96. The summed E-state index contributed by atoms with van der Waals surface area (Å²) in [6.45, 7) is 10.4. The third-order valence-corrected chi connectivity index (χ3v) is 5.55. The van der Waals surface area contributed by atoms with Crippen LogP contribution in [0.25, 0.3) is 33.1 Å². The van der Waals surface area contributed by atoms with Crippen molar-refractivity contribution < 1.29 is 53.2 Å². The van der Waals surface area contributed by atoms with Gasteiger partial charge in [-0.15, -0.1) is 6.54 Å². The molecule has 2 N–H and O–H groups in total. The second-order valence-corrected chi connectivity index (χ2v) is 8.54. The monoisotopic (exact) mass is 627 g/mol. The number of carbonyl (C=O) groups is 5. The number of halogens is 1.